The Morgan fingerprint density at radius 3 is 2.52 bits per heavy atom. The molecule has 0 saturated heterocycles. The molecule has 3 heterocycles. The summed E-state index contributed by atoms with van der Waals surface area (Å²) in [7, 11) is 1.46. The van der Waals surface area contributed by atoms with Gasteiger partial charge in [0.15, 0.2) is 5.69 Å². The zero-order chi connectivity index (χ0) is 20.9. The number of nitrogens with one attached hydrogen (secondary N) is 2. The number of aromatic amines is 2. The molecule has 0 bridgehead atoms. The van der Waals surface area contributed by atoms with Crippen molar-refractivity contribution in [3.63, 3.8) is 0 Å². The minimum absolute atomic E-state index is 0.0206. The van der Waals surface area contributed by atoms with Crippen LogP contribution >= 0.6 is 0 Å². The Kier molecular flexibility index (Phi) is 4.45. The van der Waals surface area contributed by atoms with Gasteiger partial charge in [-0.1, -0.05) is 0 Å². The van der Waals surface area contributed by atoms with Gasteiger partial charge in [0.2, 0.25) is 5.82 Å². The number of fused-ring (bicyclic) bond motifs is 5. The van der Waals surface area contributed by atoms with Crippen molar-refractivity contribution in [3.05, 3.63) is 35.4 Å². The van der Waals surface area contributed by atoms with E-state index >= 15 is 0 Å². The molecule has 152 valence electrons. The number of alkyl halides is 3. The largest absolute Gasteiger partial charge is 0.458 e. The maximum Gasteiger partial charge on any atom is 0.449 e. The number of hydrogen-bond donors (Lipinski definition) is 2. The fourth-order valence-electron chi connectivity index (χ4n) is 3.38. The first-order chi connectivity index (χ1) is 13.7. The summed E-state index contributed by atoms with van der Waals surface area (Å²) in [6.07, 6.45) is -3.51. The third-order valence-electron chi connectivity index (χ3n) is 4.45. The molecule has 0 saturated carbocycles. The highest BCUT2D eigenvalue weighted by Gasteiger charge is 2.35. The molecule has 29 heavy (non-hydrogen) atoms. The summed E-state index contributed by atoms with van der Waals surface area (Å²) in [6, 6.07) is 3.17. The van der Waals surface area contributed by atoms with E-state index < -0.39 is 18.0 Å². The highest BCUT2D eigenvalue weighted by Crippen LogP contribution is 2.36. The summed E-state index contributed by atoms with van der Waals surface area (Å²) >= 11 is 0. The first kappa shape index (κ1) is 19.2. The SMILES string of the molecule is COCc1c(C(=O)OC(C)C)ncc2[nH]c3ccc4[nH]c(C(F)(F)F)nc4c3c12. The predicted octanol–water partition coefficient (Wildman–Crippen LogP) is 4.32. The monoisotopic (exact) mass is 406 g/mol. The minimum atomic E-state index is -4.61. The van der Waals surface area contributed by atoms with Gasteiger partial charge in [-0.25, -0.2) is 14.8 Å². The van der Waals surface area contributed by atoms with Crippen molar-refractivity contribution in [2.45, 2.75) is 32.7 Å². The molecule has 0 spiro atoms. The number of carbonyl (C=O) groups is 1. The van der Waals surface area contributed by atoms with Crippen LogP contribution in [0.1, 0.15) is 35.7 Å². The average Bonchev–Trinajstić information content (AvgIpc) is 3.22. The quantitative estimate of drug-likeness (QED) is 0.493. The molecule has 0 atom stereocenters. The summed E-state index contributed by atoms with van der Waals surface area (Å²) in [6.45, 7) is 3.45. The van der Waals surface area contributed by atoms with Gasteiger partial charge in [-0.3, -0.25) is 0 Å². The molecule has 3 aromatic heterocycles. The van der Waals surface area contributed by atoms with Crippen LogP contribution in [0.2, 0.25) is 0 Å². The zero-order valence-corrected chi connectivity index (χ0v) is 15.8. The van der Waals surface area contributed by atoms with Gasteiger partial charge in [-0.15, -0.1) is 0 Å². The number of esters is 1. The number of halogens is 3. The van der Waals surface area contributed by atoms with Gasteiger partial charge in [0, 0.05) is 29.0 Å². The molecule has 0 aliphatic rings. The van der Waals surface area contributed by atoms with E-state index in [1.165, 1.54) is 19.4 Å². The molecule has 10 heteroatoms. The van der Waals surface area contributed by atoms with Crippen molar-refractivity contribution in [3.8, 4) is 0 Å². The van der Waals surface area contributed by atoms with Crippen LogP contribution in [0.25, 0.3) is 32.8 Å². The minimum Gasteiger partial charge on any atom is -0.458 e. The Bertz CT molecular complexity index is 1240. The average molecular weight is 406 g/mol. The van der Waals surface area contributed by atoms with Crippen molar-refractivity contribution in [1.29, 1.82) is 0 Å². The number of ether oxygens (including phenoxy) is 2. The summed E-state index contributed by atoms with van der Waals surface area (Å²) in [4.78, 5) is 25.9. The van der Waals surface area contributed by atoms with E-state index in [9.17, 15) is 18.0 Å². The lowest BCUT2D eigenvalue weighted by Crippen LogP contribution is -2.15. The van der Waals surface area contributed by atoms with Crippen LogP contribution in [0.4, 0.5) is 13.2 Å². The Balaban J connectivity index is 2.08. The maximum atomic E-state index is 13.2. The molecule has 0 aliphatic heterocycles. The lowest BCUT2D eigenvalue weighted by molar-refractivity contribution is -0.144. The molecular formula is C19H17F3N4O3. The molecular weight excluding hydrogens is 389 g/mol. The lowest BCUT2D eigenvalue weighted by Gasteiger charge is -2.12. The molecule has 0 fully saturated rings. The number of rotatable bonds is 4. The number of hydrogen-bond acceptors (Lipinski definition) is 5. The normalized spacial score (nSPS) is 12.5. The number of carbonyl (C=O) groups excluding carboxylic acids is 1. The maximum absolute atomic E-state index is 13.2. The fourth-order valence-corrected chi connectivity index (χ4v) is 3.38. The Morgan fingerprint density at radius 2 is 1.86 bits per heavy atom. The van der Waals surface area contributed by atoms with Crippen molar-refractivity contribution in [1.82, 2.24) is 19.9 Å². The zero-order valence-electron chi connectivity index (χ0n) is 15.8. The van der Waals surface area contributed by atoms with Crippen LogP contribution in [0, 0.1) is 0 Å². The van der Waals surface area contributed by atoms with Gasteiger partial charge in [-0.2, -0.15) is 13.2 Å². The number of pyridine rings is 1. The third kappa shape index (κ3) is 3.19. The van der Waals surface area contributed by atoms with Gasteiger partial charge in [0.05, 0.1) is 35.5 Å². The lowest BCUT2D eigenvalue weighted by atomic mass is 10.0. The number of aromatic nitrogens is 4. The molecule has 0 radical (unpaired) electrons. The summed E-state index contributed by atoms with van der Waals surface area (Å²) in [5, 5.41) is 0.982. The molecule has 0 amide bonds. The summed E-state index contributed by atoms with van der Waals surface area (Å²) in [5.74, 6) is -1.72. The van der Waals surface area contributed by atoms with Crippen molar-refractivity contribution >= 4 is 38.8 Å². The van der Waals surface area contributed by atoms with Gasteiger partial charge < -0.3 is 19.4 Å². The second-order valence-electron chi connectivity index (χ2n) is 6.85. The van der Waals surface area contributed by atoms with Crippen LogP contribution in [0.15, 0.2) is 18.3 Å². The smallest absolute Gasteiger partial charge is 0.449 e. The number of methoxy groups -OCH3 is 1. The van der Waals surface area contributed by atoms with E-state index in [1.54, 1.807) is 19.9 Å². The van der Waals surface area contributed by atoms with Crippen LogP contribution in [0.5, 0.6) is 0 Å². The second kappa shape index (κ2) is 6.73. The highest BCUT2D eigenvalue weighted by atomic mass is 19.4. The van der Waals surface area contributed by atoms with Crippen LogP contribution in [0.3, 0.4) is 0 Å². The van der Waals surface area contributed by atoms with Gasteiger partial charge >= 0.3 is 12.1 Å². The second-order valence-corrected chi connectivity index (χ2v) is 6.85. The molecule has 7 nitrogen and oxygen atoms in total. The fraction of sp³-hybridized carbons (Fsp3) is 0.316. The topological polar surface area (TPSA) is 92.9 Å². The van der Waals surface area contributed by atoms with Gasteiger partial charge in [0.25, 0.3) is 0 Å². The standard InChI is InChI=1S/C19H17F3N4O3/c1-8(2)29-17(27)15-9(7-28-3)13-12(6-23-15)24-10-4-5-11-16(14(10)13)26-18(25-11)19(20,21)22/h4-6,8,24H,7H2,1-3H3,(H,25,26). The summed E-state index contributed by atoms with van der Waals surface area (Å²) < 4.78 is 50.0. The van der Waals surface area contributed by atoms with Gasteiger partial charge in [0.1, 0.15) is 0 Å². The van der Waals surface area contributed by atoms with E-state index in [0.717, 1.165) is 0 Å². The third-order valence-corrected chi connectivity index (χ3v) is 4.45. The number of nitrogens with zero attached hydrogens (tertiary/aromatic N) is 2. The first-order valence-corrected chi connectivity index (χ1v) is 8.79. The Morgan fingerprint density at radius 1 is 1.14 bits per heavy atom. The first-order valence-electron chi connectivity index (χ1n) is 8.79. The van der Waals surface area contributed by atoms with Crippen LogP contribution in [-0.4, -0.2) is 39.1 Å². The Labute approximate surface area is 162 Å². The Hall–Kier alpha value is -3.14. The van der Waals surface area contributed by atoms with E-state index in [0.29, 0.717) is 27.4 Å². The molecule has 0 aliphatic carbocycles. The molecule has 2 N–H and O–H groups in total. The van der Waals surface area contributed by atoms with Crippen molar-refractivity contribution in [2.75, 3.05) is 7.11 Å². The van der Waals surface area contributed by atoms with Crippen molar-refractivity contribution in [2.24, 2.45) is 0 Å². The summed E-state index contributed by atoms with van der Waals surface area (Å²) in [5.41, 5.74) is 1.98. The molecule has 1 aromatic carbocycles. The molecule has 4 rings (SSSR count). The predicted molar refractivity (Wildman–Crippen MR) is 99.5 cm³/mol. The molecule has 4 aromatic rings. The van der Waals surface area contributed by atoms with E-state index in [-0.39, 0.29) is 29.4 Å². The highest BCUT2D eigenvalue weighted by molar-refractivity contribution is 6.20. The van der Waals surface area contributed by atoms with E-state index in [1.807, 2.05) is 0 Å². The van der Waals surface area contributed by atoms with E-state index in [2.05, 4.69) is 19.9 Å². The number of benzene rings is 1. The number of imidazole rings is 1. The van der Waals surface area contributed by atoms with Crippen molar-refractivity contribution < 1.29 is 27.4 Å². The van der Waals surface area contributed by atoms with Crippen LogP contribution < -0.4 is 0 Å². The van der Waals surface area contributed by atoms with E-state index in [4.69, 9.17) is 9.47 Å². The van der Waals surface area contributed by atoms with Crippen LogP contribution in [-0.2, 0) is 22.3 Å². The van der Waals surface area contributed by atoms with Gasteiger partial charge in [-0.05, 0) is 26.0 Å². The molecule has 0 unspecified atom stereocenters. The number of H-pyrrole nitrogens is 2.